The Bertz CT molecular complexity index is 8260. The maximum Gasteiger partial charge on any atom is 0.498 e. The predicted molar refractivity (Wildman–Crippen MR) is 568 cm³/mol. The molecule has 0 atom stereocenters. The molecule has 0 spiro atoms. The fourth-order valence-corrected chi connectivity index (χ4v) is 22.9. The molecule has 26 rings (SSSR count). The van der Waals surface area contributed by atoms with Gasteiger partial charge in [-0.2, -0.15) is 0 Å². The van der Waals surface area contributed by atoms with E-state index in [9.17, 15) is 0 Å². The van der Waals surface area contributed by atoms with Crippen molar-refractivity contribution in [3.05, 3.63) is 328 Å². The van der Waals surface area contributed by atoms with Crippen molar-refractivity contribution in [3.63, 3.8) is 0 Å². The quantitative estimate of drug-likeness (QED) is 0.113. The number of rotatable bonds is 7. The Morgan fingerprint density at radius 1 is 0.194 bits per heavy atom. The van der Waals surface area contributed by atoms with Gasteiger partial charge >= 0.3 is 28.5 Å². The van der Waals surface area contributed by atoms with Crippen molar-refractivity contribution >= 4 is 233 Å². The first-order chi connectivity index (χ1) is 64.4. The highest BCUT2D eigenvalue weighted by molar-refractivity contribution is 7.28. The third kappa shape index (κ3) is 14.0. The monoisotopic (exact) mass is 1790 g/mol. The summed E-state index contributed by atoms with van der Waals surface area (Å²) in [5.74, 6) is 0. The Hall–Kier alpha value is -12.2. The summed E-state index contributed by atoms with van der Waals surface area (Å²) in [5, 5.41) is 27.6. The SMILES string of the molecule is CC1(C)OB(c2ccc(-c3cccc4c3sc3c5ccccc5c5ccccc5c43)cc2)OC1(C)C.CC1(C)OB(c2cccc(-c3cccc(-c4cccc5c4oc4ccc6ccccc6c45)c3)c2)OC1(C)C.CC1(C)OB(c2cccc3c2oc2c4ccccc4c4ccccc4c32)OC1(C)C.CC1(C)OB(c2cccc3c2sc2c4ccccc4c4ccccc4c32)OC1(C)C. The molecule has 0 bridgehead atoms. The first-order valence-electron chi connectivity index (χ1n) is 46.7. The van der Waals surface area contributed by atoms with Gasteiger partial charge in [-0.15, -0.1) is 22.7 Å². The van der Waals surface area contributed by atoms with Gasteiger partial charge in [-0.1, -0.05) is 315 Å². The van der Waals surface area contributed by atoms with Crippen molar-refractivity contribution < 1.29 is 46.1 Å². The molecule has 0 unspecified atom stereocenters. The maximum atomic E-state index is 6.59. The minimum Gasteiger partial charge on any atom is -0.456 e. The van der Waals surface area contributed by atoms with Gasteiger partial charge in [0.05, 0.1) is 44.8 Å². The standard InChI is InChI=1S/C34H29BO3.C32H27BO2S.C26H23BO3.C26H23BO2S/c1-33(2)34(3,4)38-35(37-33)26-14-8-12-24(21-26)23-11-7-13-25(20-23)28-16-9-17-29-31-27-15-6-5-10-22(27)18-19-30(31)36-32(28)29;1-31(2)32(3,4)35-33(34-31)21-18-16-20(17-19-21)22-14-9-15-27-28-25-12-7-5-10-23(25)24-11-6-8-13-26(24)30(28)36-29(22)27;1-25(2)26(3,4)30-27(29-25)21-15-9-14-20-22-18-12-7-5-10-16(18)17-11-6-8-13-19(17)24(22)28-23(20)21;1-25(2)26(3,4)29-27(28-25)21-15-9-14-20-22-18-12-7-5-10-16(18)17-11-6-8-13-19(17)24(22)30-23(20)21/h5-21H,1-4H3;5-19H,1-4H3;2*5-15H,1-4H3. The predicted octanol–water partition coefficient (Wildman–Crippen LogP) is 29.6. The highest BCUT2D eigenvalue weighted by Gasteiger charge is 2.56. The lowest BCUT2D eigenvalue weighted by Gasteiger charge is -2.32. The van der Waals surface area contributed by atoms with Crippen LogP contribution in [0.25, 0.3) is 193 Å². The molecule has 4 saturated heterocycles. The van der Waals surface area contributed by atoms with Crippen molar-refractivity contribution in [2.75, 3.05) is 0 Å². The van der Waals surface area contributed by atoms with Crippen LogP contribution in [0.5, 0.6) is 0 Å². The van der Waals surface area contributed by atoms with E-state index in [-0.39, 0.29) is 55.0 Å². The van der Waals surface area contributed by atoms with Crippen molar-refractivity contribution in [3.8, 4) is 33.4 Å². The molecule has 10 nitrogen and oxygen atoms in total. The van der Waals surface area contributed by atoms with Gasteiger partial charge in [-0.05, 0) is 221 Å². The molecule has 0 amide bonds. The topological polar surface area (TPSA) is 100 Å². The lowest BCUT2D eigenvalue weighted by Crippen LogP contribution is -2.41. The average Bonchev–Trinajstić information content (AvgIpc) is 1.56. The molecular weight excluding hydrogens is 1680 g/mol. The molecule has 22 aromatic rings. The Kier molecular flexibility index (Phi) is 20.3. The summed E-state index contributed by atoms with van der Waals surface area (Å²) < 4.78 is 69.0. The number of fused-ring (bicyclic) bond motifs is 29. The summed E-state index contributed by atoms with van der Waals surface area (Å²) >= 11 is 3.77. The van der Waals surface area contributed by atoms with Gasteiger partial charge in [-0.25, -0.2) is 0 Å². The van der Waals surface area contributed by atoms with Gasteiger partial charge in [0, 0.05) is 94.5 Å². The van der Waals surface area contributed by atoms with Crippen LogP contribution >= 0.6 is 22.7 Å². The molecule has 18 aromatic carbocycles. The molecule has 4 aliphatic rings. The van der Waals surface area contributed by atoms with Gasteiger partial charge in [-0.3, -0.25) is 0 Å². The summed E-state index contributed by atoms with van der Waals surface area (Å²) in [6.07, 6.45) is 0. The molecule has 0 radical (unpaired) electrons. The van der Waals surface area contributed by atoms with Gasteiger partial charge in [0.15, 0.2) is 0 Å². The van der Waals surface area contributed by atoms with Crippen LogP contribution in [0, 0.1) is 0 Å². The molecular formula is C118H102B4O10S2. The zero-order valence-electron chi connectivity index (χ0n) is 78.4. The third-order valence-electron chi connectivity index (χ3n) is 30.2. The van der Waals surface area contributed by atoms with Crippen LogP contribution in [0.15, 0.2) is 336 Å². The molecule has 0 saturated carbocycles. The lowest BCUT2D eigenvalue weighted by molar-refractivity contribution is 0.00578. The van der Waals surface area contributed by atoms with E-state index in [1.807, 2.05) is 22.7 Å². The van der Waals surface area contributed by atoms with Crippen LogP contribution in [-0.4, -0.2) is 73.3 Å². The smallest absolute Gasteiger partial charge is 0.456 e. The number of hydrogen-bond acceptors (Lipinski definition) is 12. The van der Waals surface area contributed by atoms with Crippen LogP contribution in [0.3, 0.4) is 0 Å². The molecule has 658 valence electrons. The van der Waals surface area contributed by atoms with Gasteiger partial charge in [0.25, 0.3) is 0 Å². The average molecular weight is 1790 g/mol. The second-order valence-electron chi connectivity index (χ2n) is 40.4. The van der Waals surface area contributed by atoms with E-state index in [0.29, 0.717) is 0 Å². The normalized spacial score (nSPS) is 17.4. The Balaban J connectivity index is 0.000000101. The first-order valence-corrected chi connectivity index (χ1v) is 48.3. The number of para-hydroxylation sites is 2. The molecule has 16 heteroatoms. The largest absolute Gasteiger partial charge is 0.498 e. The molecule has 0 aliphatic carbocycles. The minimum absolute atomic E-state index is 0.343. The number of thiophene rings is 2. The zero-order chi connectivity index (χ0) is 92.1. The van der Waals surface area contributed by atoms with E-state index in [1.165, 1.54) is 127 Å². The van der Waals surface area contributed by atoms with Crippen molar-refractivity contribution in [1.29, 1.82) is 0 Å². The highest BCUT2D eigenvalue weighted by Crippen LogP contribution is 2.51. The van der Waals surface area contributed by atoms with E-state index >= 15 is 0 Å². The molecule has 4 aromatic heterocycles. The van der Waals surface area contributed by atoms with E-state index in [2.05, 4.69) is 438 Å². The van der Waals surface area contributed by atoms with Crippen LogP contribution in [-0.2, 0) is 37.2 Å². The fourth-order valence-electron chi connectivity index (χ4n) is 20.2. The molecule has 0 N–H and O–H groups in total. The maximum absolute atomic E-state index is 6.59. The molecule has 134 heavy (non-hydrogen) atoms. The van der Waals surface area contributed by atoms with E-state index in [1.54, 1.807) is 0 Å². The van der Waals surface area contributed by atoms with Crippen LogP contribution in [0.4, 0.5) is 0 Å². The third-order valence-corrected chi connectivity index (χ3v) is 32.8. The van der Waals surface area contributed by atoms with Crippen molar-refractivity contribution in [2.45, 2.75) is 156 Å². The fraction of sp³-hybridized carbons (Fsp3) is 0.203. The number of hydrogen-bond donors (Lipinski definition) is 0. The first kappa shape index (κ1) is 85.9. The summed E-state index contributed by atoms with van der Waals surface area (Å²) in [5.41, 5.74) is 11.8. The van der Waals surface area contributed by atoms with Gasteiger partial charge in [0.2, 0.25) is 0 Å². The van der Waals surface area contributed by atoms with Gasteiger partial charge in [0.1, 0.15) is 22.3 Å². The Morgan fingerprint density at radius 3 is 1.08 bits per heavy atom. The zero-order valence-corrected chi connectivity index (χ0v) is 80.0. The summed E-state index contributed by atoms with van der Waals surface area (Å²) in [7, 11) is -1.55. The van der Waals surface area contributed by atoms with Crippen molar-refractivity contribution in [1.82, 2.24) is 0 Å². The Labute approximate surface area is 789 Å². The summed E-state index contributed by atoms with van der Waals surface area (Å²) in [6, 6.07) is 117. The summed E-state index contributed by atoms with van der Waals surface area (Å²) in [4.78, 5) is 0. The highest BCUT2D eigenvalue weighted by atomic mass is 32.1. The molecule has 4 aliphatic heterocycles. The molecule has 4 fully saturated rings. The molecule has 8 heterocycles. The Morgan fingerprint density at radius 2 is 0.552 bits per heavy atom. The summed E-state index contributed by atoms with van der Waals surface area (Å²) in [6.45, 7) is 33.5. The van der Waals surface area contributed by atoms with Crippen LogP contribution < -0.4 is 21.9 Å². The second-order valence-corrected chi connectivity index (χ2v) is 42.5. The van der Waals surface area contributed by atoms with E-state index < -0.39 is 18.3 Å². The van der Waals surface area contributed by atoms with Crippen LogP contribution in [0.2, 0.25) is 0 Å². The second kappa shape index (κ2) is 31.7. The van der Waals surface area contributed by atoms with Crippen molar-refractivity contribution in [2.24, 2.45) is 0 Å². The van der Waals surface area contributed by atoms with E-state index in [4.69, 9.17) is 46.1 Å². The lowest BCUT2D eigenvalue weighted by atomic mass is 9.78. The van der Waals surface area contributed by atoms with E-state index in [0.717, 1.165) is 88.0 Å². The van der Waals surface area contributed by atoms with Gasteiger partial charge < -0.3 is 46.1 Å². The number of furan rings is 2. The minimum atomic E-state index is -0.461. The number of benzene rings is 18. The van der Waals surface area contributed by atoms with Crippen LogP contribution in [0.1, 0.15) is 111 Å².